The summed E-state index contributed by atoms with van der Waals surface area (Å²) in [4.78, 5) is 25.5. The molecule has 0 fully saturated rings. The first kappa shape index (κ1) is 20.4. The Morgan fingerprint density at radius 1 is 1.21 bits per heavy atom. The third kappa shape index (κ3) is 4.57. The van der Waals surface area contributed by atoms with Gasteiger partial charge >= 0.3 is 0 Å². The maximum absolute atomic E-state index is 12.8. The Labute approximate surface area is 172 Å². The van der Waals surface area contributed by atoms with Crippen molar-refractivity contribution >= 4 is 38.8 Å². The molecule has 1 aromatic carbocycles. The van der Waals surface area contributed by atoms with E-state index >= 15 is 0 Å². The van der Waals surface area contributed by atoms with Gasteiger partial charge in [0.05, 0.1) is 18.4 Å². The summed E-state index contributed by atoms with van der Waals surface area (Å²) in [5.74, 6) is -0.790. The lowest BCUT2D eigenvalue weighted by Gasteiger charge is -2.13. The molecule has 7 nitrogen and oxygen atoms in total. The lowest BCUT2D eigenvalue weighted by molar-refractivity contribution is 0.101. The zero-order chi connectivity index (χ0) is 20.5. The lowest BCUT2D eigenvalue weighted by atomic mass is 10.2. The fraction of sp³-hybridized carbons (Fsp3) is 0.222. The second kappa shape index (κ2) is 7.98. The van der Waals surface area contributed by atoms with Crippen molar-refractivity contribution in [3.05, 3.63) is 63.8 Å². The molecule has 0 aliphatic carbocycles. The average Bonchev–Trinajstić information content (AvgIpc) is 2.93. The van der Waals surface area contributed by atoms with Crippen LogP contribution in [-0.4, -0.2) is 45.7 Å². The summed E-state index contributed by atoms with van der Waals surface area (Å²) in [7, 11) is -3.51. The highest BCUT2D eigenvalue weighted by atomic mass is 35.5. The zero-order valence-corrected chi connectivity index (χ0v) is 17.4. The van der Waals surface area contributed by atoms with E-state index in [9.17, 15) is 13.2 Å². The van der Waals surface area contributed by atoms with E-state index in [1.54, 1.807) is 29.7 Å². The minimum Gasteiger partial charge on any atom is -0.315 e. The topological polar surface area (TPSA) is 94.8 Å². The van der Waals surface area contributed by atoms with Gasteiger partial charge in [0.1, 0.15) is 17.1 Å². The molecule has 28 heavy (non-hydrogen) atoms. The number of hydrogen-bond donors (Lipinski definition) is 0. The summed E-state index contributed by atoms with van der Waals surface area (Å²) in [6, 6.07) is 5.00. The van der Waals surface area contributed by atoms with E-state index in [0.29, 0.717) is 32.8 Å². The van der Waals surface area contributed by atoms with Crippen LogP contribution in [0.1, 0.15) is 21.7 Å². The van der Waals surface area contributed by atoms with Crippen molar-refractivity contribution in [2.24, 2.45) is 0 Å². The number of aryl methyl sites for hydroxylation is 1. The molecule has 0 atom stereocenters. The number of carbonyl (C=O) groups excluding carboxylic acids is 1. The molecule has 0 saturated carbocycles. The Balaban J connectivity index is 2.18. The molecule has 3 rings (SSSR count). The third-order valence-electron chi connectivity index (χ3n) is 3.93. The van der Waals surface area contributed by atoms with Crippen LogP contribution in [0.3, 0.4) is 0 Å². The first-order valence-electron chi connectivity index (χ1n) is 8.14. The van der Waals surface area contributed by atoms with Crippen molar-refractivity contribution in [2.45, 2.75) is 13.5 Å². The Morgan fingerprint density at radius 2 is 1.96 bits per heavy atom. The van der Waals surface area contributed by atoms with Crippen LogP contribution in [0.2, 0.25) is 10.0 Å². The molecule has 0 amide bonds. The summed E-state index contributed by atoms with van der Waals surface area (Å²) in [6.07, 6.45) is 5.56. The van der Waals surface area contributed by atoms with Gasteiger partial charge in [0, 0.05) is 28.7 Å². The highest BCUT2D eigenvalue weighted by Crippen LogP contribution is 2.27. The van der Waals surface area contributed by atoms with Gasteiger partial charge in [-0.15, -0.1) is 0 Å². The maximum atomic E-state index is 12.8. The smallest absolute Gasteiger partial charge is 0.196 e. The van der Waals surface area contributed by atoms with Crippen molar-refractivity contribution in [2.75, 3.05) is 12.0 Å². The normalized spacial score (nSPS) is 11.6. The number of ketones is 1. The van der Waals surface area contributed by atoms with Crippen LogP contribution >= 0.6 is 23.2 Å². The molecule has 0 aliphatic heterocycles. The molecule has 2 heterocycles. The van der Waals surface area contributed by atoms with Crippen LogP contribution < -0.4 is 0 Å². The minimum absolute atomic E-state index is 0.164. The number of benzene rings is 1. The number of Topliss-reactive ketones (excluding diaryl/α,β-unsaturated/α-hetero) is 1. The van der Waals surface area contributed by atoms with Crippen LogP contribution in [0.15, 0.2) is 36.8 Å². The summed E-state index contributed by atoms with van der Waals surface area (Å²) < 4.78 is 24.9. The van der Waals surface area contributed by atoms with Crippen molar-refractivity contribution in [3.8, 4) is 11.5 Å². The molecule has 0 radical (unpaired) electrons. The third-order valence-corrected chi connectivity index (χ3v) is 5.32. The molecule has 0 aliphatic rings. The monoisotopic (exact) mass is 438 g/mol. The standard InChI is InChI=1S/C18H16Cl2N4O3S/c1-11-17(16(25)10-28(2,26)27)24(9-12-7-13(19)3-4-14(12)20)18(23-11)15-8-21-5-6-22-15/h3-8H,9-10H2,1-2H3. The number of nitrogens with zero attached hydrogens (tertiary/aromatic N) is 4. The van der Waals surface area contributed by atoms with E-state index in [4.69, 9.17) is 23.2 Å². The highest BCUT2D eigenvalue weighted by molar-refractivity contribution is 7.91. The molecule has 0 spiro atoms. The van der Waals surface area contributed by atoms with Gasteiger partial charge in [-0.3, -0.25) is 9.78 Å². The number of aromatic nitrogens is 4. The largest absolute Gasteiger partial charge is 0.315 e. The fourth-order valence-electron chi connectivity index (χ4n) is 2.83. The zero-order valence-electron chi connectivity index (χ0n) is 15.1. The van der Waals surface area contributed by atoms with Crippen molar-refractivity contribution in [3.63, 3.8) is 0 Å². The molecule has 0 bridgehead atoms. The van der Waals surface area contributed by atoms with Crippen LogP contribution in [0.5, 0.6) is 0 Å². The predicted molar refractivity (Wildman–Crippen MR) is 108 cm³/mol. The Kier molecular flexibility index (Phi) is 5.83. The van der Waals surface area contributed by atoms with Crippen molar-refractivity contribution in [1.29, 1.82) is 0 Å². The average molecular weight is 439 g/mol. The van der Waals surface area contributed by atoms with Gasteiger partial charge in [-0.25, -0.2) is 18.4 Å². The van der Waals surface area contributed by atoms with E-state index in [1.165, 1.54) is 18.6 Å². The van der Waals surface area contributed by atoms with Gasteiger partial charge in [0.25, 0.3) is 0 Å². The van der Waals surface area contributed by atoms with Crippen molar-refractivity contribution in [1.82, 2.24) is 19.5 Å². The second-order valence-corrected chi connectivity index (χ2v) is 9.26. The maximum Gasteiger partial charge on any atom is 0.196 e. The summed E-state index contributed by atoms with van der Waals surface area (Å²) in [5, 5.41) is 0.948. The molecular weight excluding hydrogens is 423 g/mol. The predicted octanol–water partition coefficient (Wildman–Crippen LogP) is 3.23. The highest BCUT2D eigenvalue weighted by Gasteiger charge is 2.25. The fourth-order valence-corrected chi connectivity index (χ4v) is 3.82. The number of halogens is 2. The molecule has 2 aromatic heterocycles. The van der Waals surface area contributed by atoms with Crippen LogP contribution in [0.25, 0.3) is 11.5 Å². The van der Waals surface area contributed by atoms with E-state index < -0.39 is 21.4 Å². The van der Waals surface area contributed by atoms with Gasteiger partial charge < -0.3 is 4.57 Å². The van der Waals surface area contributed by atoms with E-state index in [0.717, 1.165) is 6.26 Å². The number of hydrogen-bond acceptors (Lipinski definition) is 6. The Bertz CT molecular complexity index is 1150. The number of rotatable bonds is 6. The quantitative estimate of drug-likeness (QED) is 0.548. The Hall–Kier alpha value is -2.29. The first-order chi connectivity index (χ1) is 13.2. The number of sulfone groups is 1. The molecule has 10 heteroatoms. The number of carbonyl (C=O) groups is 1. The minimum atomic E-state index is -3.51. The number of imidazole rings is 1. The Morgan fingerprint density at radius 3 is 2.61 bits per heavy atom. The lowest BCUT2D eigenvalue weighted by Crippen LogP contribution is -2.20. The molecule has 0 saturated heterocycles. The van der Waals surface area contributed by atoms with Crippen molar-refractivity contribution < 1.29 is 13.2 Å². The second-order valence-electron chi connectivity index (χ2n) is 6.28. The molecule has 146 valence electrons. The van der Waals surface area contributed by atoms with E-state index in [-0.39, 0.29) is 12.2 Å². The van der Waals surface area contributed by atoms with Gasteiger partial charge in [-0.1, -0.05) is 23.2 Å². The van der Waals surface area contributed by atoms with E-state index in [2.05, 4.69) is 15.0 Å². The van der Waals surface area contributed by atoms with Gasteiger partial charge in [-0.05, 0) is 30.7 Å². The van der Waals surface area contributed by atoms with Crippen LogP contribution in [-0.2, 0) is 16.4 Å². The SMILES string of the molecule is Cc1nc(-c2cnccn2)n(Cc2cc(Cl)ccc2Cl)c1C(=O)CS(C)(=O)=O. The van der Waals surface area contributed by atoms with Gasteiger partial charge in [-0.2, -0.15) is 0 Å². The van der Waals surface area contributed by atoms with E-state index in [1.807, 2.05) is 0 Å². The molecular formula is C18H16Cl2N4O3S. The molecule has 3 aromatic rings. The summed E-state index contributed by atoms with van der Waals surface area (Å²) in [5.41, 5.74) is 1.68. The summed E-state index contributed by atoms with van der Waals surface area (Å²) >= 11 is 12.4. The van der Waals surface area contributed by atoms with Crippen LogP contribution in [0.4, 0.5) is 0 Å². The first-order valence-corrected chi connectivity index (χ1v) is 11.0. The van der Waals surface area contributed by atoms with Gasteiger partial charge in [0.2, 0.25) is 0 Å². The molecule has 0 unspecified atom stereocenters. The summed E-state index contributed by atoms with van der Waals surface area (Å²) in [6.45, 7) is 1.81. The van der Waals surface area contributed by atoms with Gasteiger partial charge in [0.15, 0.2) is 21.4 Å². The molecule has 0 N–H and O–H groups in total. The van der Waals surface area contributed by atoms with Crippen LogP contribution in [0, 0.1) is 6.92 Å².